The van der Waals surface area contributed by atoms with E-state index in [9.17, 15) is 9.59 Å². The third kappa shape index (κ3) is 5.07. The smallest absolute Gasteiger partial charge is 0.279 e. The Morgan fingerprint density at radius 3 is 2.45 bits per heavy atom. The molecule has 8 heteroatoms. The first kappa shape index (κ1) is 21.8. The highest BCUT2D eigenvalue weighted by Gasteiger charge is 2.36. The first-order valence-electron chi connectivity index (χ1n) is 10.3. The number of furan rings is 1. The van der Waals surface area contributed by atoms with Gasteiger partial charge in [-0.3, -0.25) is 19.5 Å². The zero-order chi connectivity index (χ0) is 23.0. The number of hydrogen-bond acceptors (Lipinski definition) is 6. The number of carbonyl (C=O) groups is 2. The fraction of sp³-hybridized carbons (Fsp3) is 0.120. The van der Waals surface area contributed by atoms with Crippen molar-refractivity contribution in [1.82, 2.24) is 15.3 Å². The van der Waals surface area contributed by atoms with Gasteiger partial charge in [0.1, 0.15) is 17.2 Å². The summed E-state index contributed by atoms with van der Waals surface area (Å²) in [4.78, 5) is 36.5. The van der Waals surface area contributed by atoms with E-state index in [4.69, 9.17) is 9.15 Å². The van der Waals surface area contributed by atoms with Gasteiger partial charge in [0.15, 0.2) is 6.04 Å². The van der Waals surface area contributed by atoms with Crippen LogP contribution in [0.2, 0.25) is 0 Å². The molecule has 0 saturated carbocycles. The molecule has 0 unspecified atom stereocenters. The molecule has 0 fully saturated rings. The molecule has 2 heterocycles. The topological polar surface area (TPSA) is 97.6 Å². The van der Waals surface area contributed by atoms with E-state index in [1.54, 1.807) is 43.5 Å². The van der Waals surface area contributed by atoms with Crippen molar-refractivity contribution in [1.29, 1.82) is 0 Å². The maximum absolute atomic E-state index is 13.6. The largest absolute Gasteiger partial charge is 0.497 e. The Labute approximate surface area is 190 Å². The number of anilines is 1. The molecule has 0 aliphatic carbocycles. The molecule has 33 heavy (non-hydrogen) atoms. The zero-order valence-corrected chi connectivity index (χ0v) is 17.9. The Balaban J connectivity index is 1.73. The van der Waals surface area contributed by atoms with Crippen molar-refractivity contribution in [3.05, 3.63) is 109 Å². The second-order valence-corrected chi connectivity index (χ2v) is 7.09. The van der Waals surface area contributed by atoms with E-state index in [-0.39, 0.29) is 5.69 Å². The molecule has 0 aliphatic heterocycles. The van der Waals surface area contributed by atoms with Crippen LogP contribution in [0.5, 0.6) is 5.75 Å². The van der Waals surface area contributed by atoms with Crippen LogP contribution in [0.4, 0.5) is 5.69 Å². The molecule has 2 aromatic carbocycles. The van der Waals surface area contributed by atoms with E-state index in [0.29, 0.717) is 23.7 Å². The van der Waals surface area contributed by atoms with Gasteiger partial charge < -0.3 is 14.5 Å². The second kappa shape index (κ2) is 10.2. The molecule has 166 valence electrons. The number of carbonyl (C=O) groups excluding carboxylic acids is 2. The van der Waals surface area contributed by atoms with Crippen molar-refractivity contribution in [2.24, 2.45) is 0 Å². The zero-order valence-electron chi connectivity index (χ0n) is 17.9. The summed E-state index contributed by atoms with van der Waals surface area (Å²) in [6.45, 7) is 0.298. The number of nitrogens with zero attached hydrogens (tertiary/aromatic N) is 3. The normalized spacial score (nSPS) is 11.4. The van der Waals surface area contributed by atoms with E-state index in [2.05, 4.69) is 15.3 Å². The maximum Gasteiger partial charge on any atom is 0.279 e. The number of ether oxygens (including phenoxy) is 1. The lowest BCUT2D eigenvalue weighted by molar-refractivity contribution is -0.123. The quantitative estimate of drug-likeness (QED) is 0.446. The molecule has 0 spiro atoms. The lowest BCUT2D eigenvalue weighted by Crippen LogP contribution is -2.44. The van der Waals surface area contributed by atoms with Gasteiger partial charge in [0.05, 0.1) is 19.6 Å². The summed E-state index contributed by atoms with van der Waals surface area (Å²) >= 11 is 0. The van der Waals surface area contributed by atoms with Crippen molar-refractivity contribution in [2.75, 3.05) is 12.0 Å². The van der Waals surface area contributed by atoms with Crippen LogP contribution in [0.25, 0.3) is 0 Å². The molecule has 1 atom stereocenters. The van der Waals surface area contributed by atoms with Gasteiger partial charge >= 0.3 is 0 Å². The van der Waals surface area contributed by atoms with Gasteiger partial charge in [-0.05, 0) is 42.0 Å². The molecule has 2 amide bonds. The Hall–Kier alpha value is -4.46. The van der Waals surface area contributed by atoms with Gasteiger partial charge in [-0.15, -0.1) is 0 Å². The van der Waals surface area contributed by atoms with Gasteiger partial charge in [-0.25, -0.2) is 4.98 Å². The van der Waals surface area contributed by atoms with Crippen molar-refractivity contribution >= 4 is 17.5 Å². The summed E-state index contributed by atoms with van der Waals surface area (Å²) in [5, 5.41) is 2.91. The van der Waals surface area contributed by atoms with E-state index in [1.807, 2.05) is 30.3 Å². The average Bonchev–Trinajstić information content (AvgIpc) is 3.41. The van der Waals surface area contributed by atoms with Gasteiger partial charge in [-0.1, -0.05) is 30.3 Å². The molecule has 1 N–H and O–H groups in total. The van der Waals surface area contributed by atoms with E-state index in [0.717, 1.165) is 5.56 Å². The number of aromatic nitrogens is 2. The van der Waals surface area contributed by atoms with Gasteiger partial charge in [0.2, 0.25) is 0 Å². The van der Waals surface area contributed by atoms with Crippen LogP contribution in [0.15, 0.2) is 96.0 Å². The summed E-state index contributed by atoms with van der Waals surface area (Å²) in [5.74, 6) is 0.0359. The molecule has 0 aliphatic rings. The van der Waals surface area contributed by atoms with Crippen LogP contribution in [0, 0.1) is 0 Å². The minimum absolute atomic E-state index is 0.0979. The summed E-state index contributed by atoms with van der Waals surface area (Å²) in [5.41, 5.74) is 1.50. The van der Waals surface area contributed by atoms with Gasteiger partial charge in [0.25, 0.3) is 11.8 Å². The number of benzene rings is 2. The predicted octanol–water partition coefficient (Wildman–Crippen LogP) is 3.78. The van der Waals surface area contributed by atoms with Crippen LogP contribution < -0.4 is 15.0 Å². The summed E-state index contributed by atoms with van der Waals surface area (Å²) in [6.07, 6.45) is 5.73. The Morgan fingerprint density at radius 1 is 1.03 bits per heavy atom. The Bertz CT molecular complexity index is 1180. The highest BCUT2D eigenvalue weighted by molar-refractivity contribution is 6.08. The third-order valence-corrected chi connectivity index (χ3v) is 4.98. The van der Waals surface area contributed by atoms with Crippen LogP contribution >= 0.6 is 0 Å². The van der Waals surface area contributed by atoms with Crippen LogP contribution in [-0.4, -0.2) is 28.9 Å². The number of nitrogens with one attached hydrogen (secondary N) is 1. The number of hydrogen-bond donors (Lipinski definition) is 1. The molecule has 8 nitrogen and oxygen atoms in total. The predicted molar refractivity (Wildman–Crippen MR) is 122 cm³/mol. The fourth-order valence-electron chi connectivity index (χ4n) is 3.36. The second-order valence-electron chi connectivity index (χ2n) is 7.09. The van der Waals surface area contributed by atoms with E-state index in [1.165, 1.54) is 29.8 Å². The molecule has 0 saturated heterocycles. The average molecular weight is 442 g/mol. The molecule has 4 aromatic rings. The lowest BCUT2D eigenvalue weighted by atomic mass is 10.1. The van der Waals surface area contributed by atoms with Crippen LogP contribution in [0.1, 0.15) is 27.9 Å². The Kier molecular flexibility index (Phi) is 6.75. The van der Waals surface area contributed by atoms with Gasteiger partial charge in [-0.2, -0.15) is 0 Å². The molecule has 2 aromatic heterocycles. The van der Waals surface area contributed by atoms with Crippen molar-refractivity contribution in [2.45, 2.75) is 12.6 Å². The van der Waals surface area contributed by atoms with Crippen molar-refractivity contribution < 1.29 is 18.7 Å². The van der Waals surface area contributed by atoms with Gasteiger partial charge in [0, 0.05) is 24.6 Å². The van der Waals surface area contributed by atoms with Crippen molar-refractivity contribution in [3.63, 3.8) is 0 Å². The monoisotopic (exact) mass is 442 g/mol. The third-order valence-electron chi connectivity index (χ3n) is 4.98. The number of amides is 2. The van der Waals surface area contributed by atoms with E-state index < -0.39 is 17.9 Å². The van der Waals surface area contributed by atoms with E-state index >= 15 is 0 Å². The fourth-order valence-corrected chi connectivity index (χ4v) is 3.36. The highest BCUT2D eigenvalue weighted by atomic mass is 16.5. The van der Waals surface area contributed by atoms with Crippen LogP contribution in [-0.2, 0) is 11.3 Å². The Morgan fingerprint density at radius 2 is 1.82 bits per heavy atom. The lowest BCUT2D eigenvalue weighted by Gasteiger charge is -2.29. The molecular weight excluding hydrogens is 420 g/mol. The highest BCUT2D eigenvalue weighted by Crippen LogP contribution is 2.31. The molecular formula is C25H22N4O4. The standard InChI is InChI=1S/C25H22N4O4/c1-32-20-11-9-19(10-12-20)29(25(31)21-17-26-13-14-27-21)23(22-8-5-15-33-22)24(30)28-16-18-6-3-2-4-7-18/h2-15,17,23H,16H2,1H3,(H,28,30)/t23-/m1/s1. The summed E-state index contributed by atoms with van der Waals surface area (Å²) in [7, 11) is 1.56. The van der Waals surface area contributed by atoms with Crippen molar-refractivity contribution in [3.8, 4) is 5.75 Å². The minimum Gasteiger partial charge on any atom is -0.497 e. The first-order valence-corrected chi connectivity index (χ1v) is 10.3. The number of rotatable bonds is 8. The molecule has 0 bridgehead atoms. The summed E-state index contributed by atoms with van der Waals surface area (Å²) < 4.78 is 10.8. The summed E-state index contributed by atoms with van der Waals surface area (Å²) in [6, 6.07) is 18.6. The SMILES string of the molecule is COc1ccc(N(C(=O)c2cnccn2)[C@@H](C(=O)NCc2ccccc2)c2ccco2)cc1. The minimum atomic E-state index is -1.08. The molecule has 0 radical (unpaired) electrons. The first-order chi connectivity index (χ1) is 16.2. The number of methoxy groups -OCH3 is 1. The van der Waals surface area contributed by atoms with Crippen LogP contribution in [0.3, 0.4) is 0 Å². The maximum atomic E-state index is 13.6. The molecule has 4 rings (SSSR count).